The number of aldehydes is 1. The average Bonchev–Trinajstić information content (AvgIpc) is 3.17. The largest absolute Gasteiger partial charge is 0.444 e. The van der Waals surface area contributed by atoms with Crippen molar-refractivity contribution in [1.82, 2.24) is 4.90 Å². The van der Waals surface area contributed by atoms with Crippen LogP contribution in [0.3, 0.4) is 0 Å². The molecule has 2 unspecified atom stereocenters. The van der Waals surface area contributed by atoms with Gasteiger partial charge in [-0.25, -0.2) is 4.79 Å². The van der Waals surface area contributed by atoms with Crippen LogP contribution >= 0.6 is 0 Å². The van der Waals surface area contributed by atoms with Gasteiger partial charge < -0.3 is 14.0 Å². The first kappa shape index (κ1) is 25.2. The molecule has 1 amide bonds. The fraction of sp³-hybridized carbons (Fsp3) is 0.481. The second-order valence-electron chi connectivity index (χ2n) is 10.8. The lowest BCUT2D eigenvalue weighted by Gasteiger charge is -2.44. The van der Waals surface area contributed by atoms with E-state index in [1.54, 1.807) is 4.90 Å². The molecular formula is C27H37NO4Si. The second kappa shape index (κ2) is 9.81. The number of ether oxygens (including phenoxy) is 1. The third kappa shape index (κ3) is 5.39. The number of nitrogens with zero attached hydrogens (tertiary/aromatic N) is 1. The van der Waals surface area contributed by atoms with E-state index in [-0.39, 0.29) is 11.1 Å². The van der Waals surface area contributed by atoms with E-state index in [1.165, 1.54) is 10.4 Å². The van der Waals surface area contributed by atoms with Crippen molar-refractivity contribution in [2.24, 2.45) is 0 Å². The minimum absolute atomic E-state index is 0.158. The molecule has 2 atom stereocenters. The Morgan fingerprint density at radius 3 is 1.88 bits per heavy atom. The van der Waals surface area contributed by atoms with Crippen LogP contribution in [0.5, 0.6) is 0 Å². The molecule has 0 aromatic heterocycles. The van der Waals surface area contributed by atoms with Gasteiger partial charge in [0, 0.05) is 0 Å². The van der Waals surface area contributed by atoms with Crippen molar-refractivity contribution in [3.05, 3.63) is 60.7 Å². The monoisotopic (exact) mass is 467 g/mol. The molecule has 1 heterocycles. The van der Waals surface area contributed by atoms with Gasteiger partial charge in [-0.05, 0) is 49.0 Å². The van der Waals surface area contributed by atoms with Gasteiger partial charge in [-0.1, -0.05) is 81.4 Å². The van der Waals surface area contributed by atoms with Gasteiger partial charge in [0.2, 0.25) is 0 Å². The zero-order chi connectivity index (χ0) is 24.3. The summed E-state index contributed by atoms with van der Waals surface area (Å²) in [4.78, 5) is 26.4. The topological polar surface area (TPSA) is 55.8 Å². The van der Waals surface area contributed by atoms with E-state index in [0.29, 0.717) is 19.4 Å². The van der Waals surface area contributed by atoms with Gasteiger partial charge in [0.15, 0.2) is 0 Å². The molecule has 0 saturated carbocycles. The van der Waals surface area contributed by atoms with Crippen LogP contribution in [0.4, 0.5) is 4.79 Å². The zero-order valence-electron chi connectivity index (χ0n) is 20.7. The van der Waals surface area contributed by atoms with Crippen molar-refractivity contribution in [2.75, 3.05) is 6.61 Å². The van der Waals surface area contributed by atoms with Crippen molar-refractivity contribution < 1.29 is 18.8 Å². The number of carbonyl (C=O) groups excluding carboxylic acids is 2. The molecule has 0 spiro atoms. The summed E-state index contributed by atoms with van der Waals surface area (Å²) in [6.07, 6.45) is 1.73. The van der Waals surface area contributed by atoms with E-state index < -0.39 is 26.1 Å². The molecule has 1 aliphatic heterocycles. The summed E-state index contributed by atoms with van der Waals surface area (Å²) in [5.41, 5.74) is -0.628. The van der Waals surface area contributed by atoms with Gasteiger partial charge in [-0.15, -0.1) is 0 Å². The lowest BCUT2D eigenvalue weighted by Crippen LogP contribution is -2.67. The smallest absolute Gasteiger partial charge is 0.411 e. The highest BCUT2D eigenvalue weighted by molar-refractivity contribution is 6.99. The minimum atomic E-state index is -2.73. The van der Waals surface area contributed by atoms with Crippen LogP contribution in [-0.2, 0) is 14.0 Å². The molecule has 178 valence electrons. The standard InChI is InChI=1S/C27H37NO4Si/c1-26(2,3)32-25(30)28-21(19-29)17-18-22(28)20-31-33(27(4,5)6,23-13-9-7-10-14-23)24-15-11-8-12-16-24/h7-16,19,21-22H,17-18,20H2,1-6H3. The van der Waals surface area contributed by atoms with Gasteiger partial charge in [0.05, 0.1) is 18.7 Å². The van der Waals surface area contributed by atoms with Gasteiger partial charge in [-0.3, -0.25) is 4.90 Å². The normalized spacial score (nSPS) is 19.4. The van der Waals surface area contributed by atoms with Gasteiger partial charge in [0.25, 0.3) is 8.32 Å². The SMILES string of the molecule is CC(C)(C)OC(=O)N1C(C=O)CCC1CO[Si](c1ccccc1)(c1ccccc1)C(C)(C)C. The Morgan fingerprint density at radius 2 is 1.45 bits per heavy atom. The minimum Gasteiger partial charge on any atom is -0.444 e. The highest BCUT2D eigenvalue weighted by Crippen LogP contribution is 2.37. The maximum Gasteiger partial charge on any atom is 0.411 e. The molecule has 0 radical (unpaired) electrons. The predicted molar refractivity (Wildman–Crippen MR) is 135 cm³/mol. The third-order valence-electron chi connectivity index (χ3n) is 6.22. The molecule has 2 aromatic rings. The van der Waals surface area contributed by atoms with E-state index in [1.807, 2.05) is 32.9 Å². The van der Waals surface area contributed by atoms with Crippen molar-refractivity contribution in [3.8, 4) is 0 Å². The summed E-state index contributed by atoms with van der Waals surface area (Å²) < 4.78 is 12.7. The highest BCUT2D eigenvalue weighted by Gasteiger charge is 2.51. The van der Waals surface area contributed by atoms with Crippen molar-refractivity contribution >= 4 is 31.1 Å². The second-order valence-corrected chi connectivity index (χ2v) is 15.1. The summed E-state index contributed by atoms with van der Waals surface area (Å²) in [6.45, 7) is 12.6. The molecule has 33 heavy (non-hydrogen) atoms. The summed E-state index contributed by atoms with van der Waals surface area (Å²) >= 11 is 0. The molecular weight excluding hydrogens is 430 g/mol. The Morgan fingerprint density at radius 1 is 0.939 bits per heavy atom. The number of hydrogen-bond acceptors (Lipinski definition) is 4. The first-order chi connectivity index (χ1) is 15.5. The Labute approximate surface area is 199 Å². The molecule has 5 nitrogen and oxygen atoms in total. The van der Waals surface area contributed by atoms with Crippen LogP contribution in [0.2, 0.25) is 5.04 Å². The first-order valence-corrected chi connectivity index (χ1v) is 13.6. The number of rotatable bonds is 6. The predicted octanol–water partition coefficient (Wildman–Crippen LogP) is 4.53. The molecule has 3 rings (SSSR count). The highest BCUT2D eigenvalue weighted by atomic mass is 28.4. The van der Waals surface area contributed by atoms with E-state index in [4.69, 9.17) is 9.16 Å². The van der Waals surface area contributed by atoms with Gasteiger partial charge >= 0.3 is 6.09 Å². The third-order valence-corrected chi connectivity index (χ3v) is 11.2. The molecule has 0 bridgehead atoms. The van der Waals surface area contributed by atoms with Gasteiger partial charge in [0.1, 0.15) is 11.9 Å². The van der Waals surface area contributed by atoms with E-state index in [9.17, 15) is 9.59 Å². The first-order valence-electron chi connectivity index (χ1n) is 11.7. The van der Waals surface area contributed by atoms with Crippen LogP contribution in [-0.4, -0.2) is 49.9 Å². The molecule has 2 aromatic carbocycles. The fourth-order valence-electron chi connectivity index (χ4n) is 4.79. The van der Waals surface area contributed by atoms with Crippen molar-refractivity contribution in [3.63, 3.8) is 0 Å². The lowest BCUT2D eigenvalue weighted by molar-refractivity contribution is -0.112. The quantitative estimate of drug-likeness (QED) is 0.463. The average molecular weight is 468 g/mol. The molecule has 0 aliphatic carbocycles. The summed E-state index contributed by atoms with van der Waals surface area (Å²) in [6, 6.07) is 20.2. The van der Waals surface area contributed by atoms with Gasteiger partial charge in [-0.2, -0.15) is 0 Å². The summed E-state index contributed by atoms with van der Waals surface area (Å²) in [5, 5.41) is 2.23. The van der Waals surface area contributed by atoms with Crippen LogP contribution in [0.25, 0.3) is 0 Å². The maximum atomic E-state index is 13.0. The Hall–Kier alpha value is -2.44. The van der Waals surface area contributed by atoms with Crippen LogP contribution < -0.4 is 10.4 Å². The van der Waals surface area contributed by atoms with Crippen molar-refractivity contribution in [2.45, 2.75) is 77.1 Å². The summed E-state index contributed by atoms with van der Waals surface area (Å²) in [7, 11) is -2.73. The fourth-order valence-corrected chi connectivity index (χ4v) is 9.39. The number of benzene rings is 2. The molecule has 0 N–H and O–H groups in total. The lowest BCUT2D eigenvalue weighted by atomic mass is 10.2. The number of carbonyl (C=O) groups is 2. The molecule has 1 aliphatic rings. The van der Waals surface area contributed by atoms with Crippen LogP contribution in [0.15, 0.2) is 60.7 Å². The van der Waals surface area contributed by atoms with E-state index in [0.717, 1.165) is 6.29 Å². The van der Waals surface area contributed by atoms with E-state index in [2.05, 4.69) is 69.3 Å². The maximum absolute atomic E-state index is 13.0. The number of amides is 1. The van der Waals surface area contributed by atoms with E-state index >= 15 is 0 Å². The van der Waals surface area contributed by atoms with Crippen molar-refractivity contribution in [1.29, 1.82) is 0 Å². The van der Waals surface area contributed by atoms with Crippen LogP contribution in [0.1, 0.15) is 54.4 Å². The molecule has 1 saturated heterocycles. The Balaban J connectivity index is 1.99. The molecule has 6 heteroatoms. The van der Waals surface area contributed by atoms with Crippen LogP contribution in [0, 0.1) is 0 Å². The number of likely N-dealkylation sites (tertiary alicyclic amines) is 1. The molecule has 1 fully saturated rings. The Kier molecular flexibility index (Phi) is 7.49. The summed E-state index contributed by atoms with van der Waals surface area (Å²) in [5.74, 6) is 0. The zero-order valence-corrected chi connectivity index (χ0v) is 21.7. The Bertz CT molecular complexity index is 895. The number of hydrogen-bond donors (Lipinski definition) is 0.